The summed E-state index contributed by atoms with van der Waals surface area (Å²) < 4.78 is 0. The Morgan fingerprint density at radius 2 is 1.71 bits per heavy atom. The predicted octanol–water partition coefficient (Wildman–Crippen LogP) is 10.8. The minimum Gasteiger partial charge on any atom is -0.106 e. The van der Waals surface area contributed by atoms with Crippen LogP contribution in [0.25, 0.3) is 34.1 Å². The van der Waals surface area contributed by atoms with Crippen molar-refractivity contribution >= 4 is 22.9 Å². The molecule has 0 nitrogen and oxygen atoms in total. The van der Waals surface area contributed by atoms with E-state index >= 15 is 0 Å². The molecule has 0 bridgehead atoms. The van der Waals surface area contributed by atoms with Gasteiger partial charge in [-0.15, -0.1) is 13.2 Å². The largest absolute Gasteiger partial charge is 0.106 e. The van der Waals surface area contributed by atoms with Crippen molar-refractivity contribution in [1.29, 1.82) is 0 Å². The molecule has 35 heavy (non-hydrogen) atoms. The zero-order chi connectivity index (χ0) is 24.9. The lowest BCUT2D eigenvalue weighted by Gasteiger charge is -2.36. The fourth-order valence-electron chi connectivity index (χ4n) is 5.94. The van der Waals surface area contributed by atoms with Gasteiger partial charge in [0.1, 0.15) is 0 Å². The van der Waals surface area contributed by atoms with Crippen LogP contribution in [0, 0.1) is 0 Å². The molecule has 3 aromatic rings. The van der Waals surface area contributed by atoms with Crippen LogP contribution in [0.1, 0.15) is 98.4 Å². The Balaban J connectivity index is 0.00000141. The summed E-state index contributed by atoms with van der Waals surface area (Å²) in [5.41, 5.74) is 10.3. The molecule has 0 aliphatic heterocycles. The molecule has 0 heteroatoms. The van der Waals surface area contributed by atoms with E-state index in [9.17, 15) is 0 Å². The molecule has 1 fully saturated rings. The van der Waals surface area contributed by atoms with E-state index in [0.29, 0.717) is 17.8 Å². The van der Waals surface area contributed by atoms with Crippen molar-refractivity contribution in [2.45, 2.75) is 70.6 Å². The highest BCUT2D eigenvalue weighted by atomic mass is 14.4. The van der Waals surface area contributed by atoms with E-state index in [1.54, 1.807) is 11.1 Å². The highest BCUT2D eigenvalue weighted by molar-refractivity contribution is 5.92. The molecule has 2 aliphatic carbocycles. The van der Waals surface area contributed by atoms with Crippen molar-refractivity contribution in [2.75, 3.05) is 0 Å². The van der Waals surface area contributed by atoms with Gasteiger partial charge in [-0.3, -0.25) is 0 Å². The quantitative estimate of drug-likeness (QED) is 0.321. The lowest BCUT2D eigenvalue weighted by atomic mass is 9.68. The maximum atomic E-state index is 4.39. The summed E-state index contributed by atoms with van der Waals surface area (Å²) in [6.45, 7) is 17.5. The smallest absolute Gasteiger partial charge is 0.00308 e. The zero-order valence-electron chi connectivity index (χ0n) is 21.8. The summed E-state index contributed by atoms with van der Waals surface area (Å²) in [7, 11) is 0. The highest BCUT2D eigenvalue weighted by Crippen LogP contribution is 2.51. The van der Waals surface area contributed by atoms with Crippen LogP contribution in [0.15, 0.2) is 80.4 Å². The Kier molecular flexibility index (Phi) is 7.91. The summed E-state index contributed by atoms with van der Waals surface area (Å²) in [6, 6.07) is 15.7. The van der Waals surface area contributed by atoms with E-state index in [4.69, 9.17) is 0 Å². The second-order valence-electron chi connectivity index (χ2n) is 9.91. The number of hydrogen-bond acceptors (Lipinski definition) is 0. The van der Waals surface area contributed by atoms with Crippen molar-refractivity contribution < 1.29 is 0 Å². The van der Waals surface area contributed by atoms with E-state index in [1.807, 2.05) is 0 Å². The maximum absolute atomic E-state index is 4.39. The zero-order valence-corrected chi connectivity index (χ0v) is 21.8. The standard InChI is InChI=1S/C33H36.C2H4/c1-5-22(4)30-28(7-3)33(27-20-19-24-14-8-9-15-26(24)21-27)31-23(6-2)13-10-11-18-29(31)32(30)25-16-12-17-25;1-2/h7-11,13-15,18-23,25H,3,5-6,12,16-17H2,1-2,4H3;1-2H2. The summed E-state index contributed by atoms with van der Waals surface area (Å²) in [6.07, 6.45) is 17.8. The van der Waals surface area contributed by atoms with Crippen LogP contribution in [0.2, 0.25) is 0 Å². The van der Waals surface area contributed by atoms with E-state index in [2.05, 4.69) is 113 Å². The van der Waals surface area contributed by atoms with E-state index in [1.165, 1.54) is 57.9 Å². The molecule has 2 aliphatic rings. The molecule has 0 amide bonds. The number of fused-ring (bicyclic) bond motifs is 2. The molecule has 0 spiro atoms. The number of allylic oxidation sites excluding steroid dienone is 3. The van der Waals surface area contributed by atoms with Gasteiger partial charge in [-0.2, -0.15) is 0 Å². The molecule has 3 aromatic carbocycles. The van der Waals surface area contributed by atoms with Gasteiger partial charge >= 0.3 is 0 Å². The molecule has 0 radical (unpaired) electrons. The predicted molar refractivity (Wildman–Crippen MR) is 157 cm³/mol. The van der Waals surface area contributed by atoms with Crippen LogP contribution in [0.3, 0.4) is 0 Å². The monoisotopic (exact) mass is 460 g/mol. The molecule has 5 rings (SSSR count). The minimum atomic E-state index is 0.417. The molecular formula is C35H40. The SMILES string of the molecule is C=C.C=Cc1c(-c2ccc3ccccc3c2)c2c(c(C3CCC3)c1C(C)CC)C=CC=CC2CC. The first-order valence-electron chi connectivity index (χ1n) is 13.4. The molecule has 2 unspecified atom stereocenters. The minimum absolute atomic E-state index is 0.417. The van der Waals surface area contributed by atoms with Crippen LogP contribution in [0.5, 0.6) is 0 Å². The summed E-state index contributed by atoms with van der Waals surface area (Å²) >= 11 is 0. The highest BCUT2D eigenvalue weighted by Gasteiger charge is 2.33. The first kappa shape index (κ1) is 25.0. The van der Waals surface area contributed by atoms with Gasteiger partial charge in [-0.1, -0.05) is 101 Å². The lowest BCUT2D eigenvalue weighted by molar-refractivity contribution is 0.414. The Morgan fingerprint density at radius 3 is 2.34 bits per heavy atom. The van der Waals surface area contributed by atoms with E-state index in [-0.39, 0.29) is 0 Å². The molecule has 0 aromatic heterocycles. The average molecular weight is 461 g/mol. The van der Waals surface area contributed by atoms with Gasteiger partial charge < -0.3 is 0 Å². The van der Waals surface area contributed by atoms with Crippen LogP contribution >= 0.6 is 0 Å². The summed E-state index contributed by atoms with van der Waals surface area (Å²) in [5.74, 6) is 1.62. The fourth-order valence-corrected chi connectivity index (χ4v) is 5.94. The molecule has 1 saturated carbocycles. The summed E-state index contributed by atoms with van der Waals surface area (Å²) in [4.78, 5) is 0. The van der Waals surface area contributed by atoms with Gasteiger partial charge in [0.15, 0.2) is 0 Å². The Bertz CT molecular complexity index is 1260. The summed E-state index contributed by atoms with van der Waals surface area (Å²) in [5, 5.41) is 2.60. The van der Waals surface area contributed by atoms with Gasteiger partial charge in [-0.25, -0.2) is 0 Å². The second-order valence-corrected chi connectivity index (χ2v) is 9.91. The topological polar surface area (TPSA) is 0 Å². The molecule has 2 atom stereocenters. The van der Waals surface area contributed by atoms with Crippen LogP contribution < -0.4 is 0 Å². The average Bonchev–Trinajstić information content (AvgIpc) is 3.10. The molecule has 0 N–H and O–H groups in total. The van der Waals surface area contributed by atoms with Crippen LogP contribution in [0.4, 0.5) is 0 Å². The van der Waals surface area contributed by atoms with Gasteiger partial charge in [0.25, 0.3) is 0 Å². The van der Waals surface area contributed by atoms with Crippen molar-refractivity contribution in [2.24, 2.45) is 0 Å². The lowest BCUT2D eigenvalue weighted by Crippen LogP contribution is -2.18. The van der Waals surface area contributed by atoms with Crippen molar-refractivity contribution in [3.8, 4) is 11.1 Å². The first-order chi connectivity index (χ1) is 17.2. The third-order valence-electron chi connectivity index (χ3n) is 8.09. The Hall–Kier alpha value is -3.12. The fraction of sp³-hybridized carbons (Fsp3) is 0.314. The maximum Gasteiger partial charge on any atom is 0.00308 e. The van der Waals surface area contributed by atoms with Crippen molar-refractivity contribution in [3.63, 3.8) is 0 Å². The number of benzene rings is 3. The van der Waals surface area contributed by atoms with Gasteiger partial charge in [-0.05, 0) is 93.3 Å². The van der Waals surface area contributed by atoms with Gasteiger partial charge in [0.05, 0.1) is 0 Å². The van der Waals surface area contributed by atoms with Gasteiger partial charge in [0.2, 0.25) is 0 Å². The third kappa shape index (κ3) is 4.47. The van der Waals surface area contributed by atoms with E-state index < -0.39 is 0 Å². The molecule has 180 valence electrons. The Morgan fingerprint density at radius 1 is 0.971 bits per heavy atom. The van der Waals surface area contributed by atoms with Crippen LogP contribution in [-0.4, -0.2) is 0 Å². The van der Waals surface area contributed by atoms with Gasteiger partial charge in [0, 0.05) is 5.92 Å². The number of rotatable bonds is 6. The number of hydrogen-bond donors (Lipinski definition) is 0. The first-order valence-corrected chi connectivity index (χ1v) is 13.4. The molecule has 0 saturated heterocycles. The normalized spacial score (nSPS) is 17.6. The van der Waals surface area contributed by atoms with Crippen molar-refractivity contribution in [3.05, 3.63) is 108 Å². The second kappa shape index (κ2) is 11.1. The Labute approximate surface area is 212 Å². The molecular weight excluding hydrogens is 420 g/mol. The molecule has 0 heterocycles. The van der Waals surface area contributed by atoms with Crippen LogP contribution in [-0.2, 0) is 0 Å². The van der Waals surface area contributed by atoms with Crippen molar-refractivity contribution in [1.82, 2.24) is 0 Å². The third-order valence-corrected chi connectivity index (χ3v) is 8.09. The van der Waals surface area contributed by atoms with E-state index in [0.717, 1.165) is 12.8 Å².